The van der Waals surface area contributed by atoms with Gasteiger partial charge in [0.2, 0.25) is 0 Å². The zero-order valence-corrected chi connectivity index (χ0v) is 17.2. The molecule has 1 saturated heterocycles. The second-order valence-electron chi connectivity index (χ2n) is 8.04. The van der Waals surface area contributed by atoms with Gasteiger partial charge in [0, 0.05) is 51.4 Å². The molecule has 0 saturated carbocycles. The van der Waals surface area contributed by atoms with Crippen LogP contribution < -0.4 is 15.5 Å². The van der Waals surface area contributed by atoms with Crippen molar-refractivity contribution < 1.29 is 4.39 Å². The van der Waals surface area contributed by atoms with Crippen LogP contribution in [0.2, 0.25) is 0 Å². The summed E-state index contributed by atoms with van der Waals surface area (Å²) in [5.74, 6) is 3.27. The molecular formula is C21H30FN7. The Morgan fingerprint density at radius 3 is 3.00 bits per heavy atom. The SMILES string of the molecule is CN=C(NCC1CCc2nnc(C)n2C1)NC1CCCN(c2cccc(F)c2)C1. The molecule has 1 aromatic heterocycles. The first-order valence-corrected chi connectivity index (χ1v) is 10.5. The number of anilines is 1. The van der Waals surface area contributed by atoms with E-state index in [-0.39, 0.29) is 11.9 Å². The van der Waals surface area contributed by atoms with E-state index in [1.165, 1.54) is 6.07 Å². The van der Waals surface area contributed by atoms with Crippen LogP contribution in [0, 0.1) is 18.7 Å². The summed E-state index contributed by atoms with van der Waals surface area (Å²) in [6.45, 7) is 5.64. The van der Waals surface area contributed by atoms with E-state index in [2.05, 4.69) is 35.3 Å². The third kappa shape index (κ3) is 4.68. The molecule has 29 heavy (non-hydrogen) atoms. The van der Waals surface area contributed by atoms with Crippen LogP contribution >= 0.6 is 0 Å². The Bertz CT molecular complexity index is 862. The number of aromatic nitrogens is 3. The van der Waals surface area contributed by atoms with E-state index in [9.17, 15) is 4.39 Å². The maximum atomic E-state index is 13.6. The number of piperidine rings is 1. The highest BCUT2D eigenvalue weighted by Gasteiger charge is 2.23. The van der Waals surface area contributed by atoms with Gasteiger partial charge in [-0.05, 0) is 50.3 Å². The average Bonchev–Trinajstić information content (AvgIpc) is 3.11. The van der Waals surface area contributed by atoms with Crippen LogP contribution in [0.5, 0.6) is 0 Å². The lowest BCUT2D eigenvalue weighted by Crippen LogP contribution is -2.52. The maximum Gasteiger partial charge on any atom is 0.191 e. The number of aryl methyl sites for hydroxylation is 2. The summed E-state index contributed by atoms with van der Waals surface area (Å²) < 4.78 is 15.8. The lowest BCUT2D eigenvalue weighted by Gasteiger charge is -2.35. The number of hydrogen-bond acceptors (Lipinski definition) is 4. The normalized spacial score (nSPS) is 22.3. The number of nitrogens with one attached hydrogen (secondary N) is 2. The van der Waals surface area contributed by atoms with Gasteiger partial charge in [-0.2, -0.15) is 0 Å². The summed E-state index contributed by atoms with van der Waals surface area (Å²) in [6.07, 6.45) is 4.24. The molecular weight excluding hydrogens is 369 g/mol. The number of aliphatic imine (C=N–C) groups is 1. The minimum Gasteiger partial charge on any atom is -0.369 e. The molecule has 0 spiro atoms. The van der Waals surface area contributed by atoms with Crippen LogP contribution in [0.25, 0.3) is 0 Å². The second kappa shape index (κ2) is 8.80. The van der Waals surface area contributed by atoms with Gasteiger partial charge in [-0.25, -0.2) is 4.39 Å². The summed E-state index contributed by atoms with van der Waals surface area (Å²) in [6, 6.07) is 7.14. The Morgan fingerprint density at radius 2 is 2.17 bits per heavy atom. The van der Waals surface area contributed by atoms with Crippen LogP contribution in [-0.4, -0.2) is 53.4 Å². The molecule has 2 aromatic rings. The van der Waals surface area contributed by atoms with Crippen molar-refractivity contribution in [2.75, 3.05) is 31.6 Å². The van der Waals surface area contributed by atoms with Gasteiger partial charge in [0.25, 0.3) is 0 Å². The van der Waals surface area contributed by atoms with Gasteiger partial charge in [0.05, 0.1) is 0 Å². The number of rotatable bonds is 4. The quantitative estimate of drug-likeness (QED) is 0.609. The fourth-order valence-corrected chi connectivity index (χ4v) is 4.33. The molecule has 2 aliphatic rings. The average molecular weight is 400 g/mol. The molecule has 2 unspecified atom stereocenters. The Morgan fingerprint density at radius 1 is 1.28 bits per heavy atom. The molecule has 0 bridgehead atoms. The number of guanidine groups is 1. The molecule has 1 aromatic carbocycles. The van der Waals surface area contributed by atoms with E-state index in [4.69, 9.17) is 0 Å². The number of fused-ring (bicyclic) bond motifs is 1. The van der Waals surface area contributed by atoms with Gasteiger partial charge in [-0.1, -0.05) is 6.07 Å². The van der Waals surface area contributed by atoms with Crippen molar-refractivity contribution in [1.82, 2.24) is 25.4 Å². The molecule has 2 N–H and O–H groups in total. The highest BCUT2D eigenvalue weighted by molar-refractivity contribution is 5.80. The monoisotopic (exact) mass is 399 g/mol. The summed E-state index contributed by atoms with van der Waals surface area (Å²) in [5.41, 5.74) is 0.946. The highest BCUT2D eigenvalue weighted by Crippen LogP contribution is 2.21. The molecule has 0 radical (unpaired) electrons. The fourth-order valence-electron chi connectivity index (χ4n) is 4.33. The summed E-state index contributed by atoms with van der Waals surface area (Å²) in [7, 11) is 1.81. The van der Waals surface area contributed by atoms with Gasteiger partial charge in [-0.3, -0.25) is 4.99 Å². The predicted molar refractivity (Wildman–Crippen MR) is 113 cm³/mol. The maximum absolute atomic E-state index is 13.6. The first-order chi connectivity index (χ1) is 14.1. The molecule has 2 aliphatic heterocycles. The standard InChI is InChI=1S/C21H30FN7/c1-15-26-27-20-9-8-16(13-29(15)20)12-24-21(23-2)25-18-6-4-10-28(14-18)19-7-3-5-17(22)11-19/h3,5,7,11,16,18H,4,6,8-10,12-14H2,1-2H3,(H2,23,24,25). The molecule has 1 fully saturated rings. The van der Waals surface area contributed by atoms with Crippen LogP contribution in [0.1, 0.15) is 30.9 Å². The van der Waals surface area contributed by atoms with Gasteiger partial charge < -0.3 is 20.1 Å². The van der Waals surface area contributed by atoms with E-state index < -0.39 is 0 Å². The van der Waals surface area contributed by atoms with Crippen molar-refractivity contribution in [1.29, 1.82) is 0 Å². The highest BCUT2D eigenvalue weighted by atomic mass is 19.1. The lowest BCUT2D eigenvalue weighted by atomic mass is 9.99. The Kier molecular flexibility index (Phi) is 5.97. The summed E-state index contributed by atoms with van der Waals surface area (Å²) >= 11 is 0. The van der Waals surface area contributed by atoms with Crippen molar-refractivity contribution >= 4 is 11.6 Å². The number of hydrogen-bond donors (Lipinski definition) is 2. The Balaban J connectivity index is 1.29. The number of halogens is 1. The zero-order chi connectivity index (χ0) is 20.2. The van der Waals surface area contributed by atoms with Crippen molar-refractivity contribution in [3.63, 3.8) is 0 Å². The van der Waals surface area contributed by atoms with Gasteiger partial charge in [0.15, 0.2) is 5.96 Å². The van der Waals surface area contributed by atoms with Crippen LogP contribution in [0.4, 0.5) is 10.1 Å². The van der Waals surface area contributed by atoms with Crippen molar-refractivity contribution in [3.05, 3.63) is 41.7 Å². The van der Waals surface area contributed by atoms with Crippen molar-refractivity contribution in [2.45, 2.75) is 45.2 Å². The van der Waals surface area contributed by atoms with Crippen molar-refractivity contribution in [2.24, 2.45) is 10.9 Å². The molecule has 7 nitrogen and oxygen atoms in total. The van der Waals surface area contributed by atoms with Crippen LogP contribution in [0.15, 0.2) is 29.3 Å². The smallest absolute Gasteiger partial charge is 0.191 e. The largest absolute Gasteiger partial charge is 0.369 e. The molecule has 156 valence electrons. The van der Waals surface area contributed by atoms with Gasteiger partial charge in [-0.15, -0.1) is 10.2 Å². The Hall–Kier alpha value is -2.64. The van der Waals surface area contributed by atoms with Crippen LogP contribution in [-0.2, 0) is 13.0 Å². The molecule has 4 rings (SSSR count). The van der Waals surface area contributed by atoms with Gasteiger partial charge >= 0.3 is 0 Å². The van der Waals surface area contributed by atoms with Gasteiger partial charge in [0.1, 0.15) is 17.5 Å². The lowest BCUT2D eigenvalue weighted by molar-refractivity contribution is 0.357. The molecule has 8 heteroatoms. The van der Waals surface area contributed by atoms with Crippen molar-refractivity contribution in [3.8, 4) is 0 Å². The predicted octanol–water partition coefficient (Wildman–Crippen LogP) is 2.12. The third-order valence-corrected chi connectivity index (χ3v) is 5.95. The van der Waals surface area contributed by atoms with E-state index in [1.54, 1.807) is 12.1 Å². The van der Waals surface area contributed by atoms with E-state index in [1.807, 2.05) is 20.0 Å². The molecule has 0 amide bonds. The molecule has 2 atom stereocenters. The third-order valence-electron chi connectivity index (χ3n) is 5.95. The zero-order valence-electron chi connectivity index (χ0n) is 17.2. The Labute approximate surface area is 171 Å². The summed E-state index contributed by atoms with van der Waals surface area (Å²) in [4.78, 5) is 6.66. The fraction of sp³-hybridized carbons (Fsp3) is 0.571. The van der Waals surface area contributed by atoms with Crippen LogP contribution in [0.3, 0.4) is 0 Å². The topological polar surface area (TPSA) is 70.4 Å². The minimum absolute atomic E-state index is 0.186. The summed E-state index contributed by atoms with van der Waals surface area (Å²) in [5, 5.41) is 15.5. The van der Waals surface area contributed by atoms with E-state index in [0.717, 1.165) is 75.2 Å². The van der Waals surface area contributed by atoms with E-state index in [0.29, 0.717) is 5.92 Å². The number of nitrogens with zero attached hydrogens (tertiary/aromatic N) is 5. The minimum atomic E-state index is -0.186. The first kappa shape index (κ1) is 19.7. The molecule has 3 heterocycles. The van der Waals surface area contributed by atoms with E-state index >= 15 is 0 Å². The number of benzene rings is 1. The first-order valence-electron chi connectivity index (χ1n) is 10.5. The molecule has 0 aliphatic carbocycles. The second-order valence-corrected chi connectivity index (χ2v) is 8.04.